The quantitative estimate of drug-likeness (QED) is 0.395. The van der Waals surface area contributed by atoms with Crippen molar-refractivity contribution in [1.29, 1.82) is 0 Å². The third-order valence-electron chi connectivity index (χ3n) is 4.13. The summed E-state index contributed by atoms with van der Waals surface area (Å²) >= 11 is 1.67. The van der Waals surface area contributed by atoms with Crippen LogP contribution < -0.4 is 8.92 Å². The van der Waals surface area contributed by atoms with Crippen LogP contribution in [0.15, 0.2) is 78.9 Å². The van der Waals surface area contributed by atoms with Crippen LogP contribution in [0.1, 0.15) is 5.56 Å². The molecule has 0 N–H and O–H groups in total. The van der Waals surface area contributed by atoms with Crippen molar-refractivity contribution in [3.63, 3.8) is 0 Å². The van der Waals surface area contributed by atoms with Crippen molar-refractivity contribution in [2.75, 3.05) is 6.26 Å². The van der Waals surface area contributed by atoms with E-state index in [0.29, 0.717) is 12.4 Å². The van der Waals surface area contributed by atoms with Crippen molar-refractivity contribution in [2.24, 2.45) is 0 Å². The first-order valence-electron chi connectivity index (χ1n) is 8.66. The van der Waals surface area contributed by atoms with Gasteiger partial charge in [0.15, 0.2) is 0 Å². The second kappa shape index (κ2) is 7.66. The third-order valence-corrected chi connectivity index (χ3v) is 5.77. The fraction of sp³-hybridized carbons (Fsp3) is 0.0909. The topological polar surface area (TPSA) is 52.6 Å². The lowest BCUT2D eigenvalue weighted by atomic mass is 10.1. The maximum atomic E-state index is 11.2. The molecular formula is C22H18O4S2. The zero-order chi connectivity index (χ0) is 19.6. The lowest BCUT2D eigenvalue weighted by Crippen LogP contribution is -2.05. The van der Waals surface area contributed by atoms with Gasteiger partial charge in [-0.3, -0.25) is 0 Å². The first kappa shape index (κ1) is 18.5. The van der Waals surface area contributed by atoms with E-state index in [4.69, 9.17) is 8.92 Å². The van der Waals surface area contributed by atoms with Crippen molar-refractivity contribution in [3.05, 3.63) is 84.4 Å². The third kappa shape index (κ3) is 4.52. The minimum Gasteiger partial charge on any atom is -0.489 e. The van der Waals surface area contributed by atoms with E-state index in [0.717, 1.165) is 38.1 Å². The second-order valence-electron chi connectivity index (χ2n) is 6.40. The highest BCUT2D eigenvalue weighted by Crippen LogP contribution is 2.36. The fourth-order valence-electron chi connectivity index (χ4n) is 2.83. The van der Waals surface area contributed by atoms with Crippen LogP contribution in [0, 0.1) is 0 Å². The first-order chi connectivity index (χ1) is 13.5. The van der Waals surface area contributed by atoms with Gasteiger partial charge in [-0.1, -0.05) is 30.3 Å². The predicted molar refractivity (Wildman–Crippen MR) is 114 cm³/mol. The van der Waals surface area contributed by atoms with Gasteiger partial charge in [-0.2, -0.15) is 8.42 Å². The number of rotatable bonds is 6. The Balaban J connectivity index is 1.53. The van der Waals surface area contributed by atoms with E-state index in [1.165, 1.54) is 0 Å². The van der Waals surface area contributed by atoms with Gasteiger partial charge in [0.2, 0.25) is 0 Å². The van der Waals surface area contributed by atoms with Crippen molar-refractivity contribution < 1.29 is 17.3 Å². The Morgan fingerprint density at radius 2 is 1.57 bits per heavy atom. The summed E-state index contributed by atoms with van der Waals surface area (Å²) in [5.41, 5.74) is 2.14. The van der Waals surface area contributed by atoms with Gasteiger partial charge < -0.3 is 8.92 Å². The second-order valence-corrected chi connectivity index (χ2v) is 9.06. The Kier molecular flexibility index (Phi) is 5.07. The molecule has 0 saturated carbocycles. The zero-order valence-corrected chi connectivity index (χ0v) is 16.8. The van der Waals surface area contributed by atoms with Crippen LogP contribution in [0.3, 0.4) is 0 Å². The van der Waals surface area contributed by atoms with Crippen molar-refractivity contribution in [3.8, 4) is 21.9 Å². The van der Waals surface area contributed by atoms with Gasteiger partial charge in [0.05, 0.1) is 6.26 Å². The number of benzene rings is 3. The number of hydrogen-bond donors (Lipinski definition) is 0. The molecule has 4 nitrogen and oxygen atoms in total. The van der Waals surface area contributed by atoms with Crippen LogP contribution >= 0.6 is 11.3 Å². The largest absolute Gasteiger partial charge is 0.489 e. The van der Waals surface area contributed by atoms with E-state index in [9.17, 15) is 8.42 Å². The van der Waals surface area contributed by atoms with E-state index in [2.05, 4.69) is 12.1 Å². The lowest BCUT2D eigenvalue weighted by molar-refractivity contribution is 0.306. The molecule has 6 heteroatoms. The summed E-state index contributed by atoms with van der Waals surface area (Å²) in [5.74, 6) is 1.14. The van der Waals surface area contributed by atoms with Crippen LogP contribution in [0.25, 0.3) is 20.5 Å². The molecule has 4 rings (SSSR count). The number of thiophene rings is 1. The van der Waals surface area contributed by atoms with Gasteiger partial charge in [-0.25, -0.2) is 0 Å². The summed E-state index contributed by atoms with van der Waals surface area (Å²) < 4.78 is 34.4. The SMILES string of the molecule is CS(=O)(=O)Oc1ccc(-c2cc3ccc(OCc4ccccc4)cc3s2)cc1. The molecular weight excluding hydrogens is 392 g/mol. The maximum Gasteiger partial charge on any atom is 0.306 e. The highest BCUT2D eigenvalue weighted by atomic mass is 32.2. The Labute approximate surface area is 168 Å². The fourth-order valence-corrected chi connectivity index (χ4v) is 4.39. The highest BCUT2D eigenvalue weighted by Gasteiger charge is 2.08. The summed E-state index contributed by atoms with van der Waals surface area (Å²) in [4.78, 5) is 1.10. The van der Waals surface area contributed by atoms with E-state index < -0.39 is 10.1 Å². The smallest absolute Gasteiger partial charge is 0.306 e. The predicted octanol–water partition coefficient (Wildman–Crippen LogP) is 5.49. The van der Waals surface area contributed by atoms with Crippen LogP contribution in [-0.4, -0.2) is 14.7 Å². The van der Waals surface area contributed by atoms with Crippen LogP contribution in [-0.2, 0) is 16.7 Å². The zero-order valence-electron chi connectivity index (χ0n) is 15.2. The Morgan fingerprint density at radius 1 is 0.857 bits per heavy atom. The molecule has 4 aromatic rings. The van der Waals surface area contributed by atoms with Crippen molar-refractivity contribution in [2.45, 2.75) is 6.61 Å². The maximum absolute atomic E-state index is 11.2. The van der Waals surface area contributed by atoms with Gasteiger partial charge >= 0.3 is 10.1 Å². The number of fused-ring (bicyclic) bond motifs is 1. The standard InChI is InChI=1S/C22H18O4S2/c1-28(23,24)26-19-10-7-17(8-11-19)21-13-18-9-12-20(14-22(18)27-21)25-15-16-5-3-2-4-6-16/h2-14H,15H2,1H3. The number of hydrogen-bond acceptors (Lipinski definition) is 5. The summed E-state index contributed by atoms with van der Waals surface area (Å²) in [5, 5.41) is 1.14. The molecule has 3 aromatic carbocycles. The van der Waals surface area contributed by atoms with E-state index in [-0.39, 0.29) is 0 Å². The molecule has 0 radical (unpaired) electrons. The van der Waals surface area contributed by atoms with Crippen LogP contribution in [0.2, 0.25) is 0 Å². The monoisotopic (exact) mass is 410 g/mol. The van der Waals surface area contributed by atoms with Gasteiger partial charge in [0.1, 0.15) is 18.1 Å². The Hall–Kier alpha value is -2.83. The van der Waals surface area contributed by atoms with Crippen LogP contribution in [0.5, 0.6) is 11.5 Å². The molecule has 28 heavy (non-hydrogen) atoms. The molecule has 0 saturated heterocycles. The summed E-state index contributed by atoms with van der Waals surface area (Å²) in [6.45, 7) is 0.534. The van der Waals surface area contributed by atoms with E-state index >= 15 is 0 Å². The molecule has 0 fully saturated rings. The van der Waals surface area contributed by atoms with Gasteiger partial charge in [-0.05, 0) is 65.0 Å². The molecule has 142 valence electrons. The Morgan fingerprint density at radius 3 is 2.29 bits per heavy atom. The average Bonchev–Trinajstić information content (AvgIpc) is 3.10. The summed E-state index contributed by atoms with van der Waals surface area (Å²) in [7, 11) is -3.52. The summed E-state index contributed by atoms with van der Waals surface area (Å²) in [6, 6.07) is 25.3. The molecule has 0 bridgehead atoms. The number of ether oxygens (including phenoxy) is 1. The van der Waals surface area contributed by atoms with E-state index in [1.807, 2.05) is 54.6 Å². The van der Waals surface area contributed by atoms with E-state index in [1.54, 1.807) is 23.5 Å². The minimum absolute atomic E-state index is 0.309. The molecule has 0 spiro atoms. The normalized spacial score (nSPS) is 11.5. The average molecular weight is 411 g/mol. The summed E-state index contributed by atoms with van der Waals surface area (Å²) in [6.07, 6.45) is 1.03. The highest BCUT2D eigenvalue weighted by molar-refractivity contribution is 7.86. The molecule has 1 heterocycles. The molecule has 0 aliphatic carbocycles. The molecule has 1 aromatic heterocycles. The molecule has 0 aliphatic rings. The minimum atomic E-state index is -3.52. The van der Waals surface area contributed by atoms with Crippen molar-refractivity contribution in [1.82, 2.24) is 0 Å². The Bertz CT molecular complexity index is 1190. The molecule has 0 aliphatic heterocycles. The molecule has 0 atom stereocenters. The van der Waals surface area contributed by atoms with Crippen LogP contribution in [0.4, 0.5) is 0 Å². The molecule has 0 amide bonds. The van der Waals surface area contributed by atoms with Gasteiger partial charge in [0, 0.05) is 9.58 Å². The van der Waals surface area contributed by atoms with Gasteiger partial charge in [0.25, 0.3) is 0 Å². The molecule has 0 unspecified atom stereocenters. The van der Waals surface area contributed by atoms with Gasteiger partial charge in [-0.15, -0.1) is 11.3 Å². The first-order valence-corrected chi connectivity index (χ1v) is 11.3. The lowest BCUT2D eigenvalue weighted by Gasteiger charge is -2.06. The van der Waals surface area contributed by atoms with Crippen molar-refractivity contribution >= 4 is 31.5 Å².